The molecule has 0 amide bonds. The molecule has 0 fully saturated rings. The average Bonchev–Trinajstić information content (AvgIpc) is 2.85. The minimum absolute atomic E-state index is 0.144. The number of ether oxygens (including phenoxy) is 1. The van der Waals surface area contributed by atoms with E-state index in [0.29, 0.717) is 18.6 Å². The van der Waals surface area contributed by atoms with Gasteiger partial charge in [0.15, 0.2) is 0 Å². The Morgan fingerprint density at radius 1 is 0.906 bits per heavy atom. The summed E-state index contributed by atoms with van der Waals surface area (Å²) in [5.74, 6) is 0. The molecule has 0 heterocycles. The van der Waals surface area contributed by atoms with Gasteiger partial charge in [-0.2, -0.15) is 0 Å². The van der Waals surface area contributed by atoms with Crippen molar-refractivity contribution in [1.29, 1.82) is 0 Å². The van der Waals surface area contributed by atoms with Crippen molar-refractivity contribution >= 4 is 17.8 Å². The Bertz CT molecular complexity index is 975. The molecular formula is C28H33O3P. The summed E-state index contributed by atoms with van der Waals surface area (Å²) in [6, 6.07) is 29.1. The number of hydrogen-bond donors (Lipinski definition) is 1. The molecule has 0 unspecified atom stereocenters. The average molecular weight is 449 g/mol. The maximum atomic E-state index is 14.9. The second kappa shape index (κ2) is 11.4. The zero-order valence-corrected chi connectivity index (χ0v) is 19.8. The quantitative estimate of drug-likeness (QED) is 0.303. The highest BCUT2D eigenvalue weighted by Crippen LogP contribution is 2.52. The lowest BCUT2D eigenvalue weighted by Crippen LogP contribution is -2.38. The van der Waals surface area contributed by atoms with Gasteiger partial charge in [-0.3, -0.25) is 0 Å². The van der Waals surface area contributed by atoms with E-state index in [2.05, 4.69) is 13.5 Å². The largest absolute Gasteiger partial charge is 0.388 e. The number of hydrogen-bond acceptors (Lipinski definition) is 3. The van der Waals surface area contributed by atoms with Gasteiger partial charge in [-0.1, -0.05) is 110 Å². The van der Waals surface area contributed by atoms with Gasteiger partial charge in [-0.15, -0.1) is 0 Å². The first-order valence-corrected chi connectivity index (χ1v) is 12.9. The molecule has 0 saturated heterocycles. The third-order valence-electron chi connectivity index (χ3n) is 5.90. The van der Waals surface area contributed by atoms with Crippen molar-refractivity contribution in [3.8, 4) is 0 Å². The van der Waals surface area contributed by atoms with Crippen LogP contribution in [-0.2, 0) is 15.9 Å². The molecule has 0 aliphatic rings. The van der Waals surface area contributed by atoms with Crippen LogP contribution in [0.15, 0.2) is 103 Å². The van der Waals surface area contributed by atoms with E-state index in [1.54, 1.807) is 6.92 Å². The van der Waals surface area contributed by atoms with Crippen LogP contribution in [0, 0.1) is 0 Å². The van der Waals surface area contributed by atoms with Gasteiger partial charge in [0.05, 0.1) is 24.5 Å². The molecule has 0 aliphatic heterocycles. The molecule has 168 valence electrons. The fourth-order valence-electron chi connectivity index (χ4n) is 4.05. The monoisotopic (exact) mass is 448 g/mol. The number of aliphatic hydroxyl groups excluding tert-OH is 1. The number of rotatable bonds is 11. The minimum atomic E-state index is -3.20. The van der Waals surface area contributed by atoms with Crippen LogP contribution >= 0.6 is 7.14 Å². The second-order valence-corrected chi connectivity index (χ2v) is 11.3. The smallest absolute Gasteiger partial charge is 0.149 e. The van der Waals surface area contributed by atoms with E-state index in [0.717, 1.165) is 22.6 Å². The van der Waals surface area contributed by atoms with Crippen LogP contribution in [0.5, 0.6) is 0 Å². The van der Waals surface area contributed by atoms with E-state index in [9.17, 15) is 9.67 Å². The molecule has 0 aromatic heterocycles. The van der Waals surface area contributed by atoms with Crippen molar-refractivity contribution < 1.29 is 14.4 Å². The molecule has 0 bridgehead atoms. The van der Waals surface area contributed by atoms with E-state index in [4.69, 9.17) is 4.74 Å². The molecule has 0 spiro atoms. The van der Waals surface area contributed by atoms with Gasteiger partial charge in [-0.25, -0.2) is 0 Å². The summed E-state index contributed by atoms with van der Waals surface area (Å²) in [6.45, 7) is 8.33. The molecule has 0 saturated carbocycles. The van der Waals surface area contributed by atoms with E-state index in [1.165, 1.54) is 0 Å². The highest BCUT2D eigenvalue weighted by atomic mass is 31.2. The molecule has 3 nitrogen and oxygen atoms in total. The lowest BCUT2D eigenvalue weighted by Gasteiger charge is -2.34. The maximum absolute atomic E-state index is 14.9. The lowest BCUT2D eigenvalue weighted by atomic mass is 10.0. The van der Waals surface area contributed by atoms with Gasteiger partial charge in [0, 0.05) is 10.6 Å². The summed E-state index contributed by atoms with van der Waals surface area (Å²) >= 11 is 0. The Morgan fingerprint density at radius 2 is 1.38 bits per heavy atom. The molecule has 3 aromatic carbocycles. The van der Waals surface area contributed by atoms with E-state index >= 15 is 0 Å². The van der Waals surface area contributed by atoms with Crippen LogP contribution in [0.25, 0.3) is 0 Å². The highest BCUT2D eigenvalue weighted by Gasteiger charge is 2.42. The van der Waals surface area contributed by atoms with Crippen LogP contribution in [0.3, 0.4) is 0 Å². The molecule has 1 N–H and O–H groups in total. The summed E-state index contributed by atoms with van der Waals surface area (Å²) in [7, 11) is -3.20. The third kappa shape index (κ3) is 5.66. The van der Waals surface area contributed by atoms with Crippen molar-refractivity contribution in [2.24, 2.45) is 0 Å². The number of aliphatic hydroxyl groups is 1. The Balaban J connectivity index is 1.99. The fourth-order valence-corrected chi connectivity index (χ4v) is 7.52. The maximum Gasteiger partial charge on any atom is 0.149 e. The van der Waals surface area contributed by atoms with Crippen LogP contribution in [0.2, 0.25) is 0 Å². The normalized spacial score (nSPS) is 14.5. The Hall–Kier alpha value is -2.45. The van der Waals surface area contributed by atoms with Crippen LogP contribution < -0.4 is 10.6 Å². The summed E-state index contributed by atoms with van der Waals surface area (Å²) in [5.41, 5.74) is 1.17. The standard InChI is InChI=1S/C28H33O3P/c1-4-24(31-21-23-14-8-5-9-15-23)20-27(28(29)22(2)3)32(30,25-16-10-6-11-17-25)26-18-12-7-13-19-26/h5-19,24,27-29H,2,4,20-21H2,1,3H3/t24-,27-,28-/m1/s1. The van der Waals surface area contributed by atoms with Crippen LogP contribution in [0.4, 0.5) is 0 Å². The van der Waals surface area contributed by atoms with Crippen molar-refractivity contribution in [1.82, 2.24) is 0 Å². The third-order valence-corrected chi connectivity index (χ3v) is 9.46. The van der Waals surface area contributed by atoms with Crippen molar-refractivity contribution in [3.05, 3.63) is 109 Å². The van der Waals surface area contributed by atoms with Gasteiger partial charge < -0.3 is 14.4 Å². The van der Waals surface area contributed by atoms with Gasteiger partial charge in [-0.05, 0) is 25.3 Å². The molecule has 3 rings (SSSR count). The summed E-state index contributed by atoms with van der Waals surface area (Å²) in [4.78, 5) is 0. The molecule has 3 atom stereocenters. The topological polar surface area (TPSA) is 46.5 Å². The van der Waals surface area contributed by atoms with Gasteiger partial charge >= 0.3 is 0 Å². The second-order valence-electron chi connectivity index (χ2n) is 8.25. The summed E-state index contributed by atoms with van der Waals surface area (Å²) in [5, 5.41) is 12.7. The Morgan fingerprint density at radius 3 is 1.81 bits per heavy atom. The SMILES string of the molecule is C=C(C)[C@@H](O)[C@@H](C[C@@H](CC)OCc1ccccc1)P(=O)(c1ccccc1)c1ccccc1. The summed E-state index contributed by atoms with van der Waals surface area (Å²) < 4.78 is 21.2. The van der Waals surface area contributed by atoms with E-state index < -0.39 is 18.9 Å². The predicted molar refractivity (Wildman–Crippen MR) is 134 cm³/mol. The highest BCUT2D eigenvalue weighted by molar-refractivity contribution is 7.79. The molecular weight excluding hydrogens is 415 g/mol. The molecule has 3 aromatic rings. The Labute approximate surface area is 192 Å². The first-order valence-electron chi connectivity index (χ1n) is 11.2. The van der Waals surface area contributed by atoms with Gasteiger partial charge in [0.1, 0.15) is 7.14 Å². The molecule has 0 aliphatic carbocycles. The van der Waals surface area contributed by atoms with Crippen molar-refractivity contribution in [2.45, 2.75) is 51.2 Å². The van der Waals surface area contributed by atoms with E-state index in [1.807, 2.05) is 91.0 Å². The van der Waals surface area contributed by atoms with Gasteiger partial charge in [0.25, 0.3) is 0 Å². The number of benzene rings is 3. The van der Waals surface area contributed by atoms with Crippen molar-refractivity contribution in [3.63, 3.8) is 0 Å². The lowest BCUT2D eigenvalue weighted by molar-refractivity contribution is 0.0253. The minimum Gasteiger partial charge on any atom is -0.388 e. The predicted octanol–water partition coefficient (Wildman–Crippen LogP) is 5.69. The molecule has 4 heteroatoms. The first-order chi connectivity index (χ1) is 15.5. The van der Waals surface area contributed by atoms with Crippen LogP contribution in [0.1, 0.15) is 32.3 Å². The molecule has 32 heavy (non-hydrogen) atoms. The first kappa shape index (κ1) is 24.2. The zero-order valence-electron chi connectivity index (χ0n) is 18.9. The van der Waals surface area contributed by atoms with Crippen molar-refractivity contribution in [2.75, 3.05) is 0 Å². The molecule has 0 radical (unpaired) electrons. The Kier molecular flexibility index (Phi) is 8.64. The van der Waals surface area contributed by atoms with Gasteiger partial charge in [0.2, 0.25) is 0 Å². The summed E-state index contributed by atoms with van der Waals surface area (Å²) in [6.07, 6.45) is 0.180. The van der Waals surface area contributed by atoms with Crippen LogP contribution in [-0.4, -0.2) is 23.0 Å². The van der Waals surface area contributed by atoms with E-state index in [-0.39, 0.29) is 6.10 Å². The fraction of sp³-hybridized carbons (Fsp3) is 0.286. The zero-order chi connectivity index (χ0) is 23.0.